The minimum Gasteiger partial charge on any atom is -0.357 e. The van der Waals surface area contributed by atoms with E-state index in [1.54, 1.807) is 55.5 Å². The molecule has 0 radical (unpaired) electrons. The quantitative estimate of drug-likeness (QED) is 0.538. The van der Waals surface area contributed by atoms with Gasteiger partial charge in [-0.3, -0.25) is 13.9 Å². The van der Waals surface area contributed by atoms with Crippen LogP contribution in [0.15, 0.2) is 53.0 Å². The van der Waals surface area contributed by atoms with Crippen molar-refractivity contribution in [3.05, 3.63) is 63.6 Å². The third kappa shape index (κ3) is 6.69. The summed E-state index contributed by atoms with van der Waals surface area (Å²) < 4.78 is 26.7. The van der Waals surface area contributed by atoms with Gasteiger partial charge < -0.3 is 10.2 Å². The van der Waals surface area contributed by atoms with Crippen LogP contribution in [0.3, 0.4) is 0 Å². The van der Waals surface area contributed by atoms with Crippen molar-refractivity contribution in [2.75, 3.05) is 24.2 Å². The summed E-state index contributed by atoms with van der Waals surface area (Å²) in [5.74, 6) is -0.850. The number of carbonyl (C=O) groups is 2. The van der Waals surface area contributed by atoms with Gasteiger partial charge in [0.25, 0.3) is 0 Å². The topological polar surface area (TPSA) is 86.8 Å². The number of rotatable bonds is 9. The van der Waals surface area contributed by atoms with Gasteiger partial charge in [0.05, 0.1) is 11.9 Å². The first-order valence-corrected chi connectivity index (χ1v) is 12.6. The lowest BCUT2D eigenvalue weighted by atomic mass is 10.1. The Morgan fingerprint density at radius 3 is 2.39 bits per heavy atom. The number of nitrogens with zero attached hydrogens (tertiary/aromatic N) is 2. The molecular weight excluding hydrogens is 506 g/mol. The Hall–Kier alpha value is -2.10. The Morgan fingerprint density at radius 1 is 1.16 bits per heavy atom. The van der Waals surface area contributed by atoms with Crippen LogP contribution in [-0.2, 0) is 26.2 Å². The normalized spacial score (nSPS) is 12.2. The second-order valence-corrected chi connectivity index (χ2v) is 10.1. The monoisotopic (exact) mass is 529 g/mol. The Kier molecular flexibility index (Phi) is 8.90. The molecular formula is C21H25BrClN3O4S. The molecule has 0 aliphatic carbocycles. The van der Waals surface area contributed by atoms with Gasteiger partial charge >= 0.3 is 0 Å². The van der Waals surface area contributed by atoms with Crippen LogP contribution in [0.25, 0.3) is 0 Å². The zero-order chi connectivity index (χ0) is 23.2. The number of benzene rings is 2. The van der Waals surface area contributed by atoms with E-state index < -0.39 is 28.5 Å². The van der Waals surface area contributed by atoms with E-state index in [0.29, 0.717) is 27.2 Å². The van der Waals surface area contributed by atoms with Crippen molar-refractivity contribution in [2.24, 2.45) is 0 Å². The number of nitrogens with one attached hydrogen (secondary N) is 1. The molecule has 0 aliphatic heterocycles. The first-order valence-electron chi connectivity index (χ1n) is 9.56. The van der Waals surface area contributed by atoms with Gasteiger partial charge in [0.15, 0.2) is 0 Å². The van der Waals surface area contributed by atoms with Crippen molar-refractivity contribution in [1.29, 1.82) is 0 Å². The largest absolute Gasteiger partial charge is 0.357 e. The highest BCUT2D eigenvalue weighted by molar-refractivity contribution is 9.10. The van der Waals surface area contributed by atoms with E-state index in [1.165, 1.54) is 11.9 Å². The summed E-state index contributed by atoms with van der Waals surface area (Å²) in [4.78, 5) is 27.2. The number of halogens is 2. The van der Waals surface area contributed by atoms with Gasteiger partial charge in [0, 0.05) is 23.1 Å². The molecule has 0 saturated heterocycles. The molecule has 10 heteroatoms. The van der Waals surface area contributed by atoms with Gasteiger partial charge in [-0.25, -0.2) is 8.42 Å². The van der Waals surface area contributed by atoms with E-state index in [1.807, 2.05) is 0 Å². The molecule has 1 N–H and O–H groups in total. The first kappa shape index (κ1) is 25.2. The minimum atomic E-state index is -3.76. The highest BCUT2D eigenvalue weighted by atomic mass is 79.9. The highest BCUT2D eigenvalue weighted by Gasteiger charge is 2.31. The third-order valence-corrected chi connectivity index (χ3v) is 6.71. The van der Waals surface area contributed by atoms with Crippen LogP contribution in [0.2, 0.25) is 5.02 Å². The summed E-state index contributed by atoms with van der Waals surface area (Å²) in [6.07, 6.45) is 1.39. The zero-order valence-electron chi connectivity index (χ0n) is 17.5. The molecule has 0 saturated carbocycles. The molecule has 0 bridgehead atoms. The van der Waals surface area contributed by atoms with Crippen LogP contribution in [0, 0.1) is 0 Å². The maximum absolute atomic E-state index is 13.4. The van der Waals surface area contributed by atoms with Crippen molar-refractivity contribution in [1.82, 2.24) is 10.2 Å². The predicted octanol–water partition coefficient (Wildman–Crippen LogP) is 3.42. The number of amides is 2. The van der Waals surface area contributed by atoms with Crippen LogP contribution in [0.1, 0.15) is 18.9 Å². The third-order valence-electron chi connectivity index (χ3n) is 4.71. The lowest BCUT2D eigenvalue weighted by molar-refractivity contribution is -0.140. The number of likely N-dealkylation sites (N-methyl/N-ethyl adjacent to an activating group) is 1. The van der Waals surface area contributed by atoms with E-state index in [-0.39, 0.29) is 12.5 Å². The first-order chi connectivity index (χ1) is 14.6. The molecule has 7 nitrogen and oxygen atoms in total. The number of sulfonamides is 1. The predicted molar refractivity (Wildman–Crippen MR) is 126 cm³/mol. The van der Waals surface area contributed by atoms with Crippen molar-refractivity contribution in [3.63, 3.8) is 0 Å². The van der Waals surface area contributed by atoms with Gasteiger partial charge in [-0.15, -0.1) is 0 Å². The molecule has 2 aromatic rings. The fraction of sp³-hybridized carbons (Fsp3) is 0.333. The van der Waals surface area contributed by atoms with Gasteiger partial charge in [-0.1, -0.05) is 58.7 Å². The second kappa shape index (κ2) is 11.0. The number of hydrogen-bond acceptors (Lipinski definition) is 4. The van der Waals surface area contributed by atoms with E-state index in [9.17, 15) is 18.0 Å². The smallest absolute Gasteiger partial charge is 0.244 e. The summed E-state index contributed by atoms with van der Waals surface area (Å²) in [6.45, 7) is 1.41. The van der Waals surface area contributed by atoms with Gasteiger partial charge in [-0.2, -0.15) is 0 Å². The summed E-state index contributed by atoms with van der Waals surface area (Å²) in [5.41, 5.74) is 1.00. The Balaban J connectivity index is 2.44. The second-order valence-electron chi connectivity index (χ2n) is 6.90. The summed E-state index contributed by atoms with van der Waals surface area (Å²) in [5, 5.41) is 3.03. The van der Waals surface area contributed by atoms with Crippen LogP contribution >= 0.6 is 27.5 Å². The maximum Gasteiger partial charge on any atom is 0.244 e. The van der Waals surface area contributed by atoms with Crippen LogP contribution in [0.4, 0.5) is 5.69 Å². The van der Waals surface area contributed by atoms with Crippen molar-refractivity contribution >= 4 is 55.1 Å². The highest BCUT2D eigenvalue weighted by Crippen LogP contribution is 2.24. The maximum atomic E-state index is 13.4. The number of hydrogen-bond donors (Lipinski definition) is 1. The van der Waals surface area contributed by atoms with E-state index in [0.717, 1.165) is 10.6 Å². The standard InChI is InChI=1S/C21H25BrClN3O4S/c1-4-19(21(28)24-2)25(13-15-8-5-6-11-18(15)23)20(27)14-26(31(3,29)30)17-10-7-9-16(22)12-17/h5-12,19H,4,13-14H2,1-3H3,(H,24,28)/t19-/m1/s1. The molecule has 2 rings (SSSR count). The van der Waals surface area contributed by atoms with Crippen molar-refractivity contribution in [3.8, 4) is 0 Å². The van der Waals surface area contributed by atoms with Crippen LogP contribution < -0.4 is 9.62 Å². The molecule has 31 heavy (non-hydrogen) atoms. The molecule has 168 valence electrons. The summed E-state index contributed by atoms with van der Waals surface area (Å²) in [6, 6.07) is 12.9. The van der Waals surface area contributed by atoms with Gasteiger partial charge in [-0.05, 0) is 36.2 Å². The fourth-order valence-corrected chi connectivity index (χ4v) is 4.57. The van der Waals surface area contributed by atoms with Crippen LogP contribution in [0.5, 0.6) is 0 Å². The SMILES string of the molecule is CC[C@H](C(=O)NC)N(Cc1ccccc1Cl)C(=O)CN(c1cccc(Br)c1)S(C)(=O)=O. The van der Waals surface area contributed by atoms with Gasteiger partial charge in [0.2, 0.25) is 21.8 Å². The molecule has 2 amide bonds. The lowest BCUT2D eigenvalue weighted by Crippen LogP contribution is -2.51. The lowest BCUT2D eigenvalue weighted by Gasteiger charge is -2.32. The molecule has 0 aromatic heterocycles. The fourth-order valence-electron chi connectivity index (χ4n) is 3.14. The van der Waals surface area contributed by atoms with Crippen molar-refractivity contribution in [2.45, 2.75) is 25.9 Å². The van der Waals surface area contributed by atoms with Gasteiger partial charge in [0.1, 0.15) is 12.6 Å². The molecule has 0 fully saturated rings. The molecule has 0 unspecified atom stereocenters. The van der Waals surface area contributed by atoms with E-state index >= 15 is 0 Å². The Morgan fingerprint density at radius 2 is 1.84 bits per heavy atom. The summed E-state index contributed by atoms with van der Waals surface area (Å²) in [7, 11) is -2.27. The molecule has 0 spiro atoms. The van der Waals surface area contributed by atoms with E-state index in [4.69, 9.17) is 11.6 Å². The zero-order valence-corrected chi connectivity index (χ0v) is 20.7. The van der Waals surface area contributed by atoms with Crippen LogP contribution in [-0.4, -0.2) is 51.0 Å². The molecule has 0 heterocycles. The molecule has 2 aromatic carbocycles. The molecule has 1 atom stereocenters. The summed E-state index contributed by atoms with van der Waals surface area (Å²) >= 11 is 9.60. The Labute approximate surface area is 196 Å². The number of carbonyl (C=O) groups excluding carboxylic acids is 2. The minimum absolute atomic E-state index is 0.0700. The average Bonchev–Trinajstić information content (AvgIpc) is 2.71. The number of anilines is 1. The van der Waals surface area contributed by atoms with Crippen molar-refractivity contribution < 1.29 is 18.0 Å². The Bertz CT molecular complexity index is 1050. The average molecular weight is 531 g/mol. The molecule has 0 aliphatic rings. The van der Waals surface area contributed by atoms with E-state index in [2.05, 4.69) is 21.2 Å².